The zero-order chi connectivity index (χ0) is 22.2. The SMILES string of the molecule is CO[C@H]1COCC[C@H]1NCc1nc2c(-c3cnc4ccc(F)cc4c3)cnn2c(N)c1Br. The molecule has 3 aromatic heterocycles. The number of nitrogens with zero attached hydrogens (tertiary/aromatic N) is 4. The lowest BCUT2D eigenvalue weighted by atomic mass is 10.1. The summed E-state index contributed by atoms with van der Waals surface area (Å²) < 4.78 is 27.0. The number of aromatic nitrogens is 4. The van der Waals surface area contributed by atoms with Crippen LogP contribution in [0.4, 0.5) is 10.2 Å². The molecule has 3 N–H and O–H groups in total. The van der Waals surface area contributed by atoms with Gasteiger partial charge in [0, 0.05) is 49.0 Å². The Hall–Kier alpha value is -2.66. The highest BCUT2D eigenvalue weighted by Crippen LogP contribution is 2.31. The molecule has 10 heteroatoms. The third-order valence-electron chi connectivity index (χ3n) is 5.78. The van der Waals surface area contributed by atoms with Gasteiger partial charge in [0.25, 0.3) is 0 Å². The fourth-order valence-electron chi connectivity index (χ4n) is 4.02. The van der Waals surface area contributed by atoms with Crippen molar-refractivity contribution < 1.29 is 13.9 Å². The minimum absolute atomic E-state index is 0.0156. The molecule has 0 aliphatic carbocycles. The van der Waals surface area contributed by atoms with Crippen LogP contribution < -0.4 is 11.1 Å². The minimum Gasteiger partial charge on any atom is -0.383 e. The monoisotopic (exact) mass is 500 g/mol. The van der Waals surface area contributed by atoms with Crippen LogP contribution in [0.5, 0.6) is 0 Å². The van der Waals surface area contributed by atoms with E-state index >= 15 is 0 Å². The average Bonchev–Trinajstić information content (AvgIpc) is 3.24. The van der Waals surface area contributed by atoms with E-state index in [1.54, 1.807) is 30.1 Å². The molecule has 0 saturated carbocycles. The van der Waals surface area contributed by atoms with Crippen LogP contribution in [0.1, 0.15) is 12.1 Å². The van der Waals surface area contributed by atoms with Crippen LogP contribution >= 0.6 is 15.9 Å². The molecule has 1 aromatic carbocycles. The van der Waals surface area contributed by atoms with Crippen molar-refractivity contribution in [2.24, 2.45) is 0 Å². The first-order valence-electron chi connectivity index (χ1n) is 10.3. The largest absolute Gasteiger partial charge is 0.383 e. The van der Waals surface area contributed by atoms with Crippen LogP contribution in [-0.2, 0) is 16.0 Å². The number of anilines is 1. The maximum atomic E-state index is 13.7. The molecule has 0 spiro atoms. The lowest BCUT2D eigenvalue weighted by Gasteiger charge is -2.31. The van der Waals surface area contributed by atoms with Crippen LogP contribution in [0.3, 0.4) is 0 Å². The van der Waals surface area contributed by atoms with Gasteiger partial charge in [-0.1, -0.05) is 0 Å². The molecule has 1 saturated heterocycles. The standard InChI is InChI=1S/C22H22BrFN6O2/c1-31-19-11-32-5-4-17(19)27-10-18-20(23)21(25)30-22(29-18)15(9-28-30)13-6-12-7-14(24)2-3-16(12)26-8-13/h2-3,6-9,17,19,27H,4-5,10-11,25H2,1H3/t17-,19+/m1/s1. The molecule has 0 bridgehead atoms. The Morgan fingerprint density at radius 2 is 2.22 bits per heavy atom. The summed E-state index contributed by atoms with van der Waals surface area (Å²) in [6, 6.07) is 6.56. The Bertz CT molecular complexity index is 1300. The van der Waals surface area contributed by atoms with E-state index in [-0.39, 0.29) is 18.0 Å². The van der Waals surface area contributed by atoms with E-state index in [2.05, 4.69) is 31.3 Å². The molecule has 0 amide bonds. The van der Waals surface area contributed by atoms with E-state index in [9.17, 15) is 4.39 Å². The van der Waals surface area contributed by atoms with Gasteiger partial charge < -0.3 is 20.5 Å². The number of methoxy groups -OCH3 is 1. The molecule has 2 atom stereocenters. The number of nitrogens with two attached hydrogens (primary N) is 1. The van der Waals surface area contributed by atoms with E-state index in [0.29, 0.717) is 41.1 Å². The summed E-state index contributed by atoms with van der Waals surface area (Å²) in [5.41, 5.74) is 10.0. The van der Waals surface area contributed by atoms with Crippen molar-refractivity contribution in [1.82, 2.24) is 24.9 Å². The molecule has 0 unspecified atom stereocenters. The first-order chi connectivity index (χ1) is 15.5. The predicted molar refractivity (Wildman–Crippen MR) is 123 cm³/mol. The summed E-state index contributed by atoms with van der Waals surface area (Å²) in [6.07, 6.45) is 4.27. The van der Waals surface area contributed by atoms with Gasteiger partial charge in [-0.2, -0.15) is 9.61 Å². The molecule has 5 rings (SSSR count). The van der Waals surface area contributed by atoms with E-state index in [1.807, 2.05) is 6.07 Å². The van der Waals surface area contributed by atoms with Crippen LogP contribution in [0.15, 0.2) is 41.1 Å². The number of pyridine rings is 1. The van der Waals surface area contributed by atoms with Gasteiger partial charge in [-0.05, 0) is 46.6 Å². The number of nitrogens with one attached hydrogen (secondary N) is 1. The van der Waals surface area contributed by atoms with Crippen molar-refractivity contribution in [1.29, 1.82) is 0 Å². The van der Waals surface area contributed by atoms with E-state index in [4.69, 9.17) is 20.2 Å². The fraction of sp³-hybridized carbons (Fsp3) is 0.318. The third kappa shape index (κ3) is 3.83. The quantitative estimate of drug-likeness (QED) is 0.433. The Morgan fingerprint density at radius 3 is 3.06 bits per heavy atom. The second-order valence-electron chi connectivity index (χ2n) is 7.74. The lowest BCUT2D eigenvalue weighted by Crippen LogP contribution is -2.47. The minimum atomic E-state index is -0.307. The molecule has 1 aliphatic rings. The summed E-state index contributed by atoms with van der Waals surface area (Å²) in [7, 11) is 1.69. The van der Waals surface area contributed by atoms with Gasteiger partial charge in [0.15, 0.2) is 5.65 Å². The number of fused-ring (bicyclic) bond motifs is 2. The maximum absolute atomic E-state index is 13.7. The number of hydrogen-bond acceptors (Lipinski definition) is 7. The zero-order valence-electron chi connectivity index (χ0n) is 17.4. The molecular weight excluding hydrogens is 479 g/mol. The van der Waals surface area contributed by atoms with Gasteiger partial charge in [0.1, 0.15) is 11.6 Å². The Kier molecular flexibility index (Phi) is 5.76. The second kappa shape index (κ2) is 8.70. The molecule has 1 aliphatic heterocycles. The van der Waals surface area contributed by atoms with Crippen molar-refractivity contribution in [3.8, 4) is 11.1 Å². The first kappa shape index (κ1) is 21.2. The molecule has 32 heavy (non-hydrogen) atoms. The molecule has 8 nitrogen and oxygen atoms in total. The molecule has 1 fully saturated rings. The fourth-order valence-corrected chi connectivity index (χ4v) is 4.42. The van der Waals surface area contributed by atoms with Gasteiger partial charge in [0.05, 0.1) is 34.6 Å². The van der Waals surface area contributed by atoms with Crippen molar-refractivity contribution in [2.45, 2.75) is 25.1 Å². The Labute approximate surface area is 192 Å². The summed E-state index contributed by atoms with van der Waals surface area (Å²) in [5, 5.41) is 8.63. The molecular formula is C22H22BrFN6O2. The second-order valence-corrected chi connectivity index (χ2v) is 8.53. The summed E-state index contributed by atoms with van der Waals surface area (Å²) >= 11 is 3.57. The van der Waals surface area contributed by atoms with Crippen LogP contribution in [0.25, 0.3) is 27.7 Å². The van der Waals surface area contributed by atoms with Crippen molar-refractivity contribution in [3.63, 3.8) is 0 Å². The maximum Gasteiger partial charge on any atom is 0.165 e. The highest BCUT2D eigenvalue weighted by Gasteiger charge is 2.26. The first-order valence-corrected chi connectivity index (χ1v) is 11.1. The average molecular weight is 501 g/mol. The van der Waals surface area contributed by atoms with Crippen molar-refractivity contribution in [2.75, 3.05) is 26.1 Å². The van der Waals surface area contributed by atoms with Crippen LogP contribution in [0.2, 0.25) is 0 Å². The highest BCUT2D eigenvalue weighted by atomic mass is 79.9. The molecule has 166 valence electrons. The van der Waals surface area contributed by atoms with Gasteiger partial charge in [-0.15, -0.1) is 0 Å². The zero-order valence-corrected chi connectivity index (χ0v) is 19.0. The molecule has 0 radical (unpaired) electrons. The summed E-state index contributed by atoms with van der Waals surface area (Å²) in [6.45, 7) is 1.75. The van der Waals surface area contributed by atoms with Gasteiger partial charge >= 0.3 is 0 Å². The highest BCUT2D eigenvalue weighted by molar-refractivity contribution is 9.10. The number of hydrogen-bond donors (Lipinski definition) is 2. The lowest BCUT2D eigenvalue weighted by molar-refractivity contribution is -0.0502. The smallest absolute Gasteiger partial charge is 0.165 e. The topological polar surface area (TPSA) is 99.6 Å². The number of rotatable bonds is 5. The van der Waals surface area contributed by atoms with Gasteiger partial charge in [0.2, 0.25) is 0 Å². The van der Waals surface area contributed by atoms with Crippen LogP contribution in [-0.4, -0.2) is 52.1 Å². The van der Waals surface area contributed by atoms with E-state index in [0.717, 1.165) is 28.8 Å². The van der Waals surface area contributed by atoms with Gasteiger partial charge in [-0.3, -0.25) is 4.98 Å². The van der Waals surface area contributed by atoms with E-state index < -0.39 is 0 Å². The van der Waals surface area contributed by atoms with Crippen molar-refractivity contribution >= 4 is 38.3 Å². The number of halogens is 2. The normalized spacial score (nSPS) is 19.1. The van der Waals surface area contributed by atoms with Gasteiger partial charge in [-0.25, -0.2) is 9.37 Å². The summed E-state index contributed by atoms with van der Waals surface area (Å²) in [4.78, 5) is 9.29. The Balaban J connectivity index is 1.51. The Morgan fingerprint density at radius 1 is 1.34 bits per heavy atom. The number of nitrogen functional groups attached to an aromatic ring is 1. The molecule has 4 aromatic rings. The summed E-state index contributed by atoms with van der Waals surface area (Å²) in [5.74, 6) is 0.145. The van der Waals surface area contributed by atoms with Crippen molar-refractivity contribution in [3.05, 3.63) is 52.6 Å². The van der Waals surface area contributed by atoms with Crippen LogP contribution in [0, 0.1) is 5.82 Å². The van der Waals surface area contributed by atoms with E-state index in [1.165, 1.54) is 12.1 Å². The predicted octanol–water partition coefficient (Wildman–Crippen LogP) is 3.32. The number of benzene rings is 1. The molecule has 4 heterocycles. The number of ether oxygens (including phenoxy) is 2. The third-order valence-corrected chi connectivity index (χ3v) is 6.65.